The molecule has 2 aromatic carbocycles. The first kappa shape index (κ1) is 15.8. The summed E-state index contributed by atoms with van der Waals surface area (Å²) in [7, 11) is 0. The van der Waals surface area contributed by atoms with Crippen molar-refractivity contribution in [3.8, 4) is 11.3 Å². The Morgan fingerprint density at radius 1 is 0.760 bits per heavy atom. The maximum atomic E-state index is 4.85. The van der Waals surface area contributed by atoms with Crippen LogP contribution in [-0.2, 0) is 6.54 Å². The van der Waals surface area contributed by atoms with Gasteiger partial charge in [-0.25, -0.2) is 0 Å². The molecule has 0 aliphatic carbocycles. The van der Waals surface area contributed by atoms with Gasteiger partial charge in [-0.05, 0) is 29.7 Å². The minimum Gasteiger partial charge on any atom is -0.294 e. The third-order valence-electron chi connectivity index (χ3n) is 4.70. The molecule has 0 fully saturated rings. The van der Waals surface area contributed by atoms with E-state index >= 15 is 0 Å². The number of rotatable bonds is 4. The molecule has 124 valence electrons. The van der Waals surface area contributed by atoms with E-state index in [1.165, 1.54) is 16.7 Å². The van der Waals surface area contributed by atoms with Crippen LogP contribution in [0.2, 0.25) is 0 Å². The van der Waals surface area contributed by atoms with Crippen LogP contribution in [0.25, 0.3) is 16.8 Å². The van der Waals surface area contributed by atoms with E-state index in [9.17, 15) is 0 Å². The van der Waals surface area contributed by atoms with Gasteiger partial charge in [-0.1, -0.05) is 72.8 Å². The molecule has 0 bridgehead atoms. The Morgan fingerprint density at radius 2 is 1.48 bits per heavy atom. The molecule has 0 spiro atoms. The second-order valence-electron chi connectivity index (χ2n) is 6.46. The third-order valence-corrected chi connectivity index (χ3v) is 4.70. The van der Waals surface area contributed by atoms with Crippen LogP contribution < -0.4 is 0 Å². The van der Waals surface area contributed by atoms with Crippen molar-refractivity contribution in [2.75, 3.05) is 13.1 Å². The first-order chi connectivity index (χ1) is 12.4. The van der Waals surface area contributed by atoms with Gasteiger partial charge in [-0.3, -0.25) is 9.88 Å². The van der Waals surface area contributed by atoms with Crippen molar-refractivity contribution >= 4 is 5.57 Å². The molecule has 3 aromatic rings. The van der Waals surface area contributed by atoms with Crippen LogP contribution in [0.1, 0.15) is 17.7 Å². The quantitative estimate of drug-likeness (QED) is 0.668. The van der Waals surface area contributed by atoms with Crippen LogP contribution >= 0.6 is 0 Å². The Bertz CT molecular complexity index is 854. The molecule has 0 N–H and O–H groups in total. The van der Waals surface area contributed by atoms with Gasteiger partial charge in [-0.15, -0.1) is 0 Å². The molecule has 1 aliphatic rings. The standard InChI is InChI=1S/C23H22N2/c1-3-8-19(9-4-1)20-14-16-25(17-15-20)18-22-12-7-13-23(24-22)21-10-5-2-6-11-21/h1-14H,15-18H2. The Balaban J connectivity index is 1.45. The van der Waals surface area contributed by atoms with Crippen molar-refractivity contribution in [3.05, 3.63) is 96.2 Å². The average Bonchev–Trinajstić information content (AvgIpc) is 2.70. The first-order valence-corrected chi connectivity index (χ1v) is 8.87. The molecule has 0 saturated heterocycles. The topological polar surface area (TPSA) is 16.1 Å². The Kier molecular flexibility index (Phi) is 4.71. The summed E-state index contributed by atoms with van der Waals surface area (Å²) in [5, 5.41) is 0. The summed E-state index contributed by atoms with van der Waals surface area (Å²) in [6, 6.07) is 27.4. The van der Waals surface area contributed by atoms with Gasteiger partial charge in [0.05, 0.1) is 11.4 Å². The monoisotopic (exact) mass is 326 g/mol. The molecule has 25 heavy (non-hydrogen) atoms. The fraction of sp³-hybridized carbons (Fsp3) is 0.174. The maximum absolute atomic E-state index is 4.85. The van der Waals surface area contributed by atoms with Gasteiger partial charge in [0.15, 0.2) is 0 Å². The number of benzene rings is 2. The molecule has 0 saturated carbocycles. The van der Waals surface area contributed by atoms with Crippen molar-refractivity contribution in [1.29, 1.82) is 0 Å². The van der Waals surface area contributed by atoms with Crippen LogP contribution in [0.3, 0.4) is 0 Å². The molecule has 4 rings (SSSR count). The molecule has 0 radical (unpaired) electrons. The molecule has 2 heterocycles. The minimum atomic E-state index is 0.902. The van der Waals surface area contributed by atoms with Gasteiger partial charge < -0.3 is 0 Å². The van der Waals surface area contributed by atoms with E-state index in [0.29, 0.717) is 0 Å². The summed E-state index contributed by atoms with van der Waals surface area (Å²) in [5.74, 6) is 0. The zero-order valence-electron chi connectivity index (χ0n) is 14.3. The average molecular weight is 326 g/mol. The van der Waals surface area contributed by atoms with E-state index in [1.807, 2.05) is 6.07 Å². The van der Waals surface area contributed by atoms with Gasteiger partial charge in [0.25, 0.3) is 0 Å². The fourth-order valence-corrected chi connectivity index (χ4v) is 3.34. The molecule has 2 heteroatoms. The van der Waals surface area contributed by atoms with Gasteiger partial charge >= 0.3 is 0 Å². The third kappa shape index (κ3) is 3.86. The Morgan fingerprint density at radius 3 is 2.16 bits per heavy atom. The molecular weight excluding hydrogens is 304 g/mol. The maximum Gasteiger partial charge on any atom is 0.0705 e. The van der Waals surface area contributed by atoms with Crippen LogP contribution in [-0.4, -0.2) is 23.0 Å². The predicted octanol–water partition coefficient (Wildman–Crippen LogP) is 5.04. The lowest BCUT2D eigenvalue weighted by atomic mass is 9.99. The van der Waals surface area contributed by atoms with Crippen molar-refractivity contribution in [2.45, 2.75) is 13.0 Å². The highest BCUT2D eigenvalue weighted by molar-refractivity contribution is 5.66. The van der Waals surface area contributed by atoms with Gasteiger partial charge in [0.1, 0.15) is 0 Å². The minimum absolute atomic E-state index is 0.902. The number of nitrogens with zero attached hydrogens (tertiary/aromatic N) is 2. The molecule has 0 unspecified atom stereocenters. The van der Waals surface area contributed by atoms with E-state index in [2.05, 4.69) is 83.8 Å². The molecule has 1 aromatic heterocycles. The van der Waals surface area contributed by atoms with Gasteiger partial charge in [0.2, 0.25) is 0 Å². The second-order valence-corrected chi connectivity index (χ2v) is 6.46. The smallest absolute Gasteiger partial charge is 0.0705 e. The van der Waals surface area contributed by atoms with Crippen LogP contribution in [0.5, 0.6) is 0 Å². The summed E-state index contributed by atoms with van der Waals surface area (Å²) in [6.07, 6.45) is 3.46. The van der Waals surface area contributed by atoms with Crippen molar-refractivity contribution < 1.29 is 0 Å². The van der Waals surface area contributed by atoms with Crippen LogP contribution in [0.4, 0.5) is 0 Å². The molecule has 1 aliphatic heterocycles. The second kappa shape index (κ2) is 7.45. The number of hydrogen-bond donors (Lipinski definition) is 0. The normalized spacial score (nSPS) is 15.0. The number of pyridine rings is 1. The Labute approximate surface area is 149 Å². The van der Waals surface area contributed by atoms with Crippen molar-refractivity contribution in [1.82, 2.24) is 9.88 Å². The zero-order valence-corrected chi connectivity index (χ0v) is 14.3. The number of hydrogen-bond acceptors (Lipinski definition) is 2. The summed E-state index contributed by atoms with van der Waals surface area (Å²) < 4.78 is 0. The summed E-state index contributed by atoms with van der Waals surface area (Å²) >= 11 is 0. The van der Waals surface area contributed by atoms with Crippen LogP contribution in [0.15, 0.2) is 84.9 Å². The SMILES string of the molecule is C1=C(c2ccccc2)CCN(Cc2cccc(-c3ccccc3)n2)C1. The summed E-state index contributed by atoms with van der Waals surface area (Å²) in [4.78, 5) is 7.31. The van der Waals surface area contributed by atoms with E-state index in [-0.39, 0.29) is 0 Å². The highest BCUT2D eigenvalue weighted by Crippen LogP contribution is 2.23. The van der Waals surface area contributed by atoms with Crippen molar-refractivity contribution in [2.24, 2.45) is 0 Å². The zero-order chi connectivity index (χ0) is 16.9. The highest BCUT2D eigenvalue weighted by atomic mass is 15.1. The predicted molar refractivity (Wildman–Crippen MR) is 104 cm³/mol. The van der Waals surface area contributed by atoms with Crippen molar-refractivity contribution in [3.63, 3.8) is 0 Å². The van der Waals surface area contributed by atoms with Gasteiger partial charge in [0, 0.05) is 25.2 Å². The van der Waals surface area contributed by atoms with Gasteiger partial charge in [-0.2, -0.15) is 0 Å². The Hall–Kier alpha value is -2.71. The lowest BCUT2D eigenvalue weighted by Crippen LogP contribution is -2.28. The lowest BCUT2D eigenvalue weighted by Gasteiger charge is -2.26. The number of aromatic nitrogens is 1. The fourth-order valence-electron chi connectivity index (χ4n) is 3.34. The molecule has 0 amide bonds. The first-order valence-electron chi connectivity index (χ1n) is 8.87. The summed E-state index contributed by atoms with van der Waals surface area (Å²) in [6.45, 7) is 2.97. The molecule has 2 nitrogen and oxygen atoms in total. The van der Waals surface area contributed by atoms with Crippen LogP contribution in [0, 0.1) is 0 Å². The van der Waals surface area contributed by atoms with E-state index in [1.54, 1.807) is 0 Å². The largest absolute Gasteiger partial charge is 0.294 e. The highest BCUT2D eigenvalue weighted by Gasteiger charge is 2.13. The van der Waals surface area contributed by atoms with E-state index < -0.39 is 0 Å². The van der Waals surface area contributed by atoms with E-state index in [4.69, 9.17) is 4.98 Å². The molecule has 0 atom stereocenters. The summed E-state index contributed by atoms with van der Waals surface area (Å²) in [5.41, 5.74) is 6.18. The van der Waals surface area contributed by atoms with E-state index in [0.717, 1.165) is 37.4 Å². The lowest BCUT2D eigenvalue weighted by molar-refractivity contribution is 0.290. The molecular formula is C23H22N2.